The SMILES string of the molecule is CN(CC(=O)CS(=O)(=O)CN(C)C(=S)c1cnccn1)C(=S)c1ccccc1. The summed E-state index contributed by atoms with van der Waals surface area (Å²) < 4.78 is 24.8. The summed E-state index contributed by atoms with van der Waals surface area (Å²) in [6.07, 6.45) is 4.42. The molecular weight excluding hydrogens is 416 g/mol. The van der Waals surface area contributed by atoms with E-state index < -0.39 is 21.4 Å². The van der Waals surface area contributed by atoms with Gasteiger partial charge in [0.25, 0.3) is 0 Å². The van der Waals surface area contributed by atoms with Crippen LogP contribution in [0.3, 0.4) is 0 Å². The van der Waals surface area contributed by atoms with Crippen molar-refractivity contribution in [1.29, 1.82) is 0 Å². The van der Waals surface area contributed by atoms with Crippen LogP contribution < -0.4 is 0 Å². The summed E-state index contributed by atoms with van der Waals surface area (Å²) in [6.45, 7) is -0.0920. The molecule has 0 saturated carbocycles. The Balaban J connectivity index is 1.93. The van der Waals surface area contributed by atoms with Crippen molar-refractivity contribution in [2.45, 2.75) is 0 Å². The van der Waals surface area contributed by atoms with Crippen LogP contribution in [0.1, 0.15) is 11.3 Å². The molecule has 1 heterocycles. The fourth-order valence-corrected chi connectivity index (χ4v) is 4.28. The molecule has 10 heteroatoms. The molecule has 0 radical (unpaired) electrons. The molecule has 1 aromatic carbocycles. The lowest BCUT2D eigenvalue weighted by molar-refractivity contribution is -0.116. The van der Waals surface area contributed by atoms with E-state index in [2.05, 4.69) is 9.97 Å². The van der Waals surface area contributed by atoms with Gasteiger partial charge in [-0.1, -0.05) is 54.8 Å². The summed E-state index contributed by atoms with van der Waals surface area (Å²) >= 11 is 10.6. The number of hydrogen-bond donors (Lipinski definition) is 0. The van der Waals surface area contributed by atoms with Crippen LogP contribution in [0, 0.1) is 0 Å². The molecule has 148 valence electrons. The van der Waals surface area contributed by atoms with Crippen molar-refractivity contribution in [2.75, 3.05) is 32.3 Å². The zero-order valence-electron chi connectivity index (χ0n) is 15.5. The number of Topliss-reactive ketones (excluding diaryl/α,β-unsaturated/α-hetero) is 1. The lowest BCUT2D eigenvalue weighted by atomic mass is 10.2. The number of hydrogen-bond acceptors (Lipinski definition) is 7. The Morgan fingerprint density at radius 2 is 1.71 bits per heavy atom. The van der Waals surface area contributed by atoms with Crippen LogP contribution in [0.4, 0.5) is 0 Å². The van der Waals surface area contributed by atoms with Gasteiger partial charge in [0, 0.05) is 32.1 Å². The number of rotatable bonds is 8. The molecule has 2 aromatic rings. The fraction of sp³-hybridized carbons (Fsp3) is 0.278. The highest BCUT2D eigenvalue weighted by atomic mass is 32.2. The molecule has 1 aromatic heterocycles. The normalized spacial score (nSPS) is 10.9. The standard InChI is InChI=1S/C18H20N4O3S3/c1-21(17(26)14-6-4-3-5-7-14)11-15(23)12-28(24,25)13-22(2)18(27)16-10-19-8-9-20-16/h3-10H,11-13H2,1-2H3. The van der Waals surface area contributed by atoms with Gasteiger partial charge in [0.1, 0.15) is 27.3 Å². The second-order valence-electron chi connectivity index (χ2n) is 6.18. The smallest absolute Gasteiger partial charge is 0.175 e. The lowest BCUT2D eigenvalue weighted by Crippen LogP contribution is -2.38. The highest BCUT2D eigenvalue weighted by Gasteiger charge is 2.22. The van der Waals surface area contributed by atoms with Gasteiger partial charge >= 0.3 is 0 Å². The van der Waals surface area contributed by atoms with Crippen LogP contribution in [-0.4, -0.2) is 76.2 Å². The van der Waals surface area contributed by atoms with Gasteiger partial charge in [-0.3, -0.25) is 14.8 Å². The summed E-state index contributed by atoms with van der Waals surface area (Å²) in [5.41, 5.74) is 1.19. The van der Waals surface area contributed by atoms with Crippen LogP contribution in [0.25, 0.3) is 0 Å². The van der Waals surface area contributed by atoms with Gasteiger partial charge in [0.2, 0.25) is 0 Å². The van der Waals surface area contributed by atoms with E-state index in [-0.39, 0.29) is 17.4 Å². The van der Waals surface area contributed by atoms with Gasteiger partial charge in [-0.25, -0.2) is 8.42 Å². The quantitative estimate of drug-likeness (QED) is 0.569. The second kappa shape index (κ2) is 9.76. The molecule has 0 bridgehead atoms. The molecular formula is C18H20N4O3S3. The predicted octanol–water partition coefficient (Wildman–Crippen LogP) is 1.33. The maximum atomic E-state index is 12.4. The molecule has 0 aliphatic carbocycles. The van der Waals surface area contributed by atoms with Crippen molar-refractivity contribution in [2.24, 2.45) is 0 Å². The van der Waals surface area contributed by atoms with Crippen molar-refractivity contribution in [3.8, 4) is 0 Å². The van der Waals surface area contributed by atoms with E-state index in [0.29, 0.717) is 10.7 Å². The summed E-state index contributed by atoms with van der Waals surface area (Å²) in [6, 6.07) is 9.23. The lowest BCUT2D eigenvalue weighted by Gasteiger charge is -2.21. The molecule has 0 atom stereocenters. The Hall–Kier alpha value is -2.30. The van der Waals surface area contributed by atoms with E-state index in [1.54, 1.807) is 11.9 Å². The van der Waals surface area contributed by atoms with Crippen molar-refractivity contribution in [1.82, 2.24) is 19.8 Å². The first-order valence-corrected chi connectivity index (χ1v) is 10.9. The third-order valence-corrected chi connectivity index (χ3v) is 6.29. The Morgan fingerprint density at radius 3 is 2.32 bits per heavy atom. The number of carbonyl (C=O) groups is 1. The average Bonchev–Trinajstić information content (AvgIpc) is 2.67. The topological polar surface area (TPSA) is 83.5 Å². The van der Waals surface area contributed by atoms with Crippen molar-refractivity contribution >= 4 is 50.0 Å². The van der Waals surface area contributed by atoms with Gasteiger partial charge in [0.05, 0.1) is 12.7 Å². The molecule has 28 heavy (non-hydrogen) atoms. The van der Waals surface area contributed by atoms with E-state index >= 15 is 0 Å². The molecule has 2 rings (SSSR count). The first-order valence-electron chi connectivity index (χ1n) is 8.24. The van der Waals surface area contributed by atoms with E-state index in [1.807, 2.05) is 30.3 Å². The summed E-state index contributed by atoms with van der Waals surface area (Å²) in [4.78, 5) is 23.9. The van der Waals surface area contributed by atoms with E-state index in [4.69, 9.17) is 24.4 Å². The first kappa shape index (κ1) is 22.0. The van der Waals surface area contributed by atoms with Gasteiger partial charge in [0.15, 0.2) is 15.6 Å². The fourth-order valence-electron chi connectivity index (χ4n) is 2.43. The first-order chi connectivity index (χ1) is 13.2. The minimum absolute atomic E-state index is 0.0920. The van der Waals surface area contributed by atoms with Crippen LogP contribution in [-0.2, 0) is 14.6 Å². The number of thiocarbonyl (C=S) groups is 2. The number of carbonyl (C=O) groups excluding carboxylic acids is 1. The van der Waals surface area contributed by atoms with Crippen molar-refractivity contribution < 1.29 is 13.2 Å². The summed E-state index contributed by atoms with van der Waals surface area (Å²) in [5, 5.41) is 0. The number of sulfone groups is 1. The van der Waals surface area contributed by atoms with E-state index in [1.165, 1.54) is 30.5 Å². The van der Waals surface area contributed by atoms with E-state index in [9.17, 15) is 13.2 Å². The average molecular weight is 437 g/mol. The second-order valence-corrected chi connectivity index (χ2v) is 8.98. The van der Waals surface area contributed by atoms with Crippen LogP contribution in [0.5, 0.6) is 0 Å². The zero-order valence-corrected chi connectivity index (χ0v) is 17.9. The Kier molecular flexibility index (Phi) is 7.67. The maximum Gasteiger partial charge on any atom is 0.175 e. The van der Waals surface area contributed by atoms with E-state index in [0.717, 1.165) is 5.56 Å². The van der Waals surface area contributed by atoms with Crippen molar-refractivity contribution in [3.05, 3.63) is 60.2 Å². The van der Waals surface area contributed by atoms with Crippen molar-refractivity contribution in [3.63, 3.8) is 0 Å². The van der Waals surface area contributed by atoms with Crippen LogP contribution >= 0.6 is 24.4 Å². The predicted molar refractivity (Wildman–Crippen MR) is 116 cm³/mol. The number of likely N-dealkylation sites (N-methyl/N-ethyl adjacent to an activating group) is 1. The Morgan fingerprint density at radius 1 is 1.04 bits per heavy atom. The minimum Gasteiger partial charge on any atom is -0.358 e. The molecule has 7 nitrogen and oxygen atoms in total. The number of aromatic nitrogens is 2. The molecule has 0 spiro atoms. The molecule has 0 fully saturated rings. The minimum atomic E-state index is -3.70. The third-order valence-electron chi connectivity index (χ3n) is 3.68. The summed E-state index contributed by atoms with van der Waals surface area (Å²) in [5.74, 6) is -1.43. The number of nitrogens with zero attached hydrogens (tertiary/aromatic N) is 4. The monoisotopic (exact) mass is 436 g/mol. The molecule has 0 N–H and O–H groups in total. The zero-order chi connectivity index (χ0) is 20.7. The molecule has 0 aliphatic rings. The van der Waals surface area contributed by atoms with Gasteiger partial charge < -0.3 is 9.80 Å². The van der Waals surface area contributed by atoms with Gasteiger partial charge in [-0.15, -0.1) is 0 Å². The van der Waals surface area contributed by atoms with Gasteiger partial charge in [-0.2, -0.15) is 0 Å². The molecule has 0 saturated heterocycles. The van der Waals surface area contributed by atoms with Crippen LogP contribution in [0.2, 0.25) is 0 Å². The number of benzene rings is 1. The molecule has 0 unspecified atom stereocenters. The third kappa shape index (κ3) is 6.39. The highest BCUT2D eigenvalue weighted by Crippen LogP contribution is 2.06. The van der Waals surface area contributed by atoms with Gasteiger partial charge in [-0.05, 0) is 0 Å². The molecule has 0 aliphatic heterocycles. The Bertz CT molecular complexity index is 951. The highest BCUT2D eigenvalue weighted by molar-refractivity contribution is 7.92. The molecule has 0 amide bonds. The largest absolute Gasteiger partial charge is 0.358 e. The Labute approximate surface area is 175 Å². The maximum absolute atomic E-state index is 12.4. The number of ketones is 1. The van der Waals surface area contributed by atoms with Crippen LogP contribution in [0.15, 0.2) is 48.9 Å². The summed E-state index contributed by atoms with van der Waals surface area (Å²) in [7, 11) is -0.499.